The average Bonchev–Trinajstić information content (AvgIpc) is 2.18. The SMILES string of the molecule is CCCCCCCCC(=O)C1CC(=O)C1. The molecule has 0 aromatic heterocycles. The molecule has 0 unspecified atom stereocenters. The topological polar surface area (TPSA) is 34.1 Å². The van der Waals surface area contributed by atoms with Gasteiger partial charge in [0.25, 0.3) is 0 Å². The van der Waals surface area contributed by atoms with Crippen LogP contribution in [-0.4, -0.2) is 11.6 Å². The molecule has 0 aliphatic heterocycles. The van der Waals surface area contributed by atoms with E-state index in [0.29, 0.717) is 25.0 Å². The Morgan fingerprint density at radius 2 is 1.73 bits per heavy atom. The van der Waals surface area contributed by atoms with E-state index in [1.807, 2.05) is 0 Å². The molecule has 0 bridgehead atoms. The highest BCUT2D eigenvalue weighted by atomic mass is 16.1. The van der Waals surface area contributed by atoms with Gasteiger partial charge in [-0.15, -0.1) is 0 Å². The first-order valence-electron chi connectivity index (χ1n) is 6.28. The predicted molar refractivity (Wildman–Crippen MR) is 60.7 cm³/mol. The van der Waals surface area contributed by atoms with Gasteiger partial charge in [-0.05, 0) is 6.42 Å². The van der Waals surface area contributed by atoms with E-state index in [9.17, 15) is 9.59 Å². The highest BCUT2D eigenvalue weighted by Gasteiger charge is 2.31. The van der Waals surface area contributed by atoms with Crippen LogP contribution in [0.4, 0.5) is 0 Å². The Balaban J connectivity index is 1.91. The Labute approximate surface area is 92.4 Å². The number of ketones is 2. The monoisotopic (exact) mass is 210 g/mol. The quantitative estimate of drug-likeness (QED) is 0.576. The van der Waals surface area contributed by atoms with E-state index in [2.05, 4.69) is 6.92 Å². The summed E-state index contributed by atoms with van der Waals surface area (Å²) in [4.78, 5) is 22.2. The van der Waals surface area contributed by atoms with Gasteiger partial charge in [-0.3, -0.25) is 9.59 Å². The van der Waals surface area contributed by atoms with Crippen molar-refractivity contribution in [2.24, 2.45) is 5.92 Å². The molecule has 15 heavy (non-hydrogen) atoms. The minimum absolute atomic E-state index is 0.0909. The first-order chi connectivity index (χ1) is 7.24. The zero-order chi connectivity index (χ0) is 11.1. The van der Waals surface area contributed by atoms with E-state index in [1.165, 1.54) is 32.1 Å². The summed E-state index contributed by atoms with van der Waals surface area (Å²) in [6.07, 6.45) is 9.07. The summed E-state index contributed by atoms with van der Waals surface area (Å²) in [6.45, 7) is 2.21. The van der Waals surface area contributed by atoms with Crippen LogP contribution >= 0.6 is 0 Å². The number of carbonyl (C=O) groups excluding carboxylic acids is 2. The van der Waals surface area contributed by atoms with E-state index >= 15 is 0 Å². The molecule has 0 radical (unpaired) electrons. The van der Waals surface area contributed by atoms with Crippen molar-refractivity contribution in [3.8, 4) is 0 Å². The standard InChI is InChI=1S/C13H22O2/c1-2-3-4-5-6-7-8-13(15)11-9-12(14)10-11/h11H,2-10H2,1H3. The molecule has 0 amide bonds. The van der Waals surface area contributed by atoms with Gasteiger partial charge in [0.05, 0.1) is 0 Å². The molecular formula is C13H22O2. The third-order valence-corrected chi connectivity index (χ3v) is 3.18. The summed E-state index contributed by atoms with van der Waals surface area (Å²) >= 11 is 0. The summed E-state index contributed by atoms with van der Waals surface area (Å²) in [6, 6.07) is 0. The molecule has 0 N–H and O–H groups in total. The Bertz CT molecular complexity index is 213. The van der Waals surface area contributed by atoms with Crippen LogP contribution in [-0.2, 0) is 9.59 Å². The van der Waals surface area contributed by atoms with Crippen LogP contribution in [0.15, 0.2) is 0 Å². The molecule has 2 nitrogen and oxygen atoms in total. The molecule has 0 aromatic carbocycles. The van der Waals surface area contributed by atoms with Crippen LogP contribution in [0.2, 0.25) is 0 Å². The van der Waals surface area contributed by atoms with Crippen LogP contribution in [0.3, 0.4) is 0 Å². The number of unbranched alkanes of at least 4 members (excludes halogenated alkanes) is 5. The summed E-state index contributed by atoms with van der Waals surface area (Å²) in [5.41, 5.74) is 0. The fourth-order valence-electron chi connectivity index (χ4n) is 2.00. The Hall–Kier alpha value is -0.660. The van der Waals surface area contributed by atoms with E-state index in [0.717, 1.165) is 6.42 Å². The van der Waals surface area contributed by atoms with Gasteiger partial charge in [0.2, 0.25) is 0 Å². The van der Waals surface area contributed by atoms with E-state index in [1.54, 1.807) is 0 Å². The minimum atomic E-state index is 0.0909. The van der Waals surface area contributed by atoms with Crippen molar-refractivity contribution >= 4 is 11.6 Å². The molecular weight excluding hydrogens is 188 g/mol. The number of hydrogen-bond donors (Lipinski definition) is 0. The molecule has 0 heterocycles. The molecule has 1 saturated carbocycles. The summed E-state index contributed by atoms with van der Waals surface area (Å²) in [5, 5.41) is 0. The van der Waals surface area contributed by atoms with Crippen molar-refractivity contribution in [3.05, 3.63) is 0 Å². The molecule has 1 aliphatic rings. The van der Waals surface area contributed by atoms with Crippen LogP contribution in [0.1, 0.15) is 64.7 Å². The maximum Gasteiger partial charge on any atom is 0.136 e. The maximum atomic E-state index is 11.5. The second kappa shape index (κ2) is 6.76. The summed E-state index contributed by atoms with van der Waals surface area (Å²) in [7, 11) is 0. The van der Waals surface area contributed by atoms with Crippen LogP contribution in [0, 0.1) is 5.92 Å². The second-order valence-corrected chi connectivity index (χ2v) is 4.63. The van der Waals surface area contributed by atoms with Crippen molar-refractivity contribution in [1.82, 2.24) is 0 Å². The van der Waals surface area contributed by atoms with Gasteiger partial charge in [-0.25, -0.2) is 0 Å². The van der Waals surface area contributed by atoms with Crippen LogP contribution < -0.4 is 0 Å². The zero-order valence-corrected chi connectivity index (χ0v) is 9.76. The van der Waals surface area contributed by atoms with Gasteiger partial charge in [0.15, 0.2) is 0 Å². The minimum Gasteiger partial charge on any atom is -0.300 e. The van der Waals surface area contributed by atoms with Gasteiger partial charge in [0.1, 0.15) is 11.6 Å². The molecule has 0 aromatic rings. The molecule has 2 heteroatoms. The molecule has 86 valence electrons. The average molecular weight is 210 g/mol. The Morgan fingerprint density at radius 1 is 1.13 bits per heavy atom. The fraction of sp³-hybridized carbons (Fsp3) is 0.846. The van der Waals surface area contributed by atoms with Gasteiger partial charge in [-0.1, -0.05) is 39.0 Å². The zero-order valence-electron chi connectivity index (χ0n) is 9.76. The van der Waals surface area contributed by atoms with Gasteiger partial charge >= 0.3 is 0 Å². The number of carbonyl (C=O) groups is 2. The largest absolute Gasteiger partial charge is 0.300 e. The highest BCUT2D eigenvalue weighted by Crippen LogP contribution is 2.25. The van der Waals surface area contributed by atoms with E-state index < -0.39 is 0 Å². The molecule has 0 saturated heterocycles. The van der Waals surface area contributed by atoms with E-state index in [4.69, 9.17) is 0 Å². The lowest BCUT2D eigenvalue weighted by atomic mass is 9.79. The highest BCUT2D eigenvalue weighted by molar-refractivity contribution is 5.97. The third kappa shape index (κ3) is 4.59. The van der Waals surface area contributed by atoms with Crippen molar-refractivity contribution in [1.29, 1.82) is 0 Å². The van der Waals surface area contributed by atoms with Crippen molar-refractivity contribution in [3.63, 3.8) is 0 Å². The molecule has 1 fully saturated rings. The Morgan fingerprint density at radius 3 is 2.33 bits per heavy atom. The number of Topliss-reactive ketones (excluding diaryl/α,β-unsaturated/α-hetero) is 2. The Kier molecular flexibility index (Phi) is 5.59. The maximum absolute atomic E-state index is 11.5. The molecule has 1 aliphatic carbocycles. The molecule has 0 spiro atoms. The third-order valence-electron chi connectivity index (χ3n) is 3.18. The lowest BCUT2D eigenvalue weighted by Crippen LogP contribution is -2.30. The molecule has 1 rings (SSSR count). The summed E-state index contributed by atoms with van der Waals surface area (Å²) < 4.78 is 0. The van der Waals surface area contributed by atoms with Gasteiger partial charge < -0.3 is 0 Å². The lowest BCUT2D eigenvalue weighted by Gasteiger charge is -2.22. The van der Waals surface area contributed by atoms with Crippen molar-refractivity contribution in [2.75, 3.05) is 0 Å². The first-order valence-corrected chi connectivity index (χ1v) is 6.28. The summed E-state index contributed by atoms with van der Waals surface area (Å²) in [5.74, 6) is 0.675. The van der Waals surface area contributed by atoms with Crippen LogP contribution in [0.5, 0.6) is 0 Å². The number of rotatable bonds is 8. The van der Waals surface area contributed by atoms with E-state index in [-0.39, 0.29) is 11.7 Å². The predicted octanol–water partition coefficient (Wildman–Crippen LogP) is 3.29. The normalized spacial score (nSPS) is 16.5. The fourth-order valence-corrected chi connectivity index (χ4v) is 2.00. The number of hydrogen-bond acceptors (Lipinski definition) is 2. The first kappa shape index (κ1) is 12.4. The van der Waals surface area contributed by atoms with Crippen molar-refractivity contribution in [2.45, 2.75) is 64.7 Å². The van der Waals surface area contributed by atoms with Crippen LogP contribution in [0.25, 0.3) is 0 Å². The second-order valence-electron chi connectivity index (χ2n) is 4.63. The molecule has 0 atom stereocenters. The van der Waals surface area contributed by atoms with Gasteiger partial charge in [-0.2, -0.15) is 0 Å². The lowest BCUT2D eigenvalue weighted by molar-refractivity contribution is -0.136. The van der Waals surface area contributed by atoms with Crippen molar-refractivity contribution < 1.29 is 9.59 Å². The smallest absolute Gasteiger partial charge is 0.136 e. The van der Waals surface area contributed by atoms with Gasteiger partial charge in [0, 0.05) is 25.2 Å².